The highest BCUT2D eigenvalue weighted by atomic mass is 32.2. The fourth-order valence-electron chi connectivity index (χ4n) is 3.48. The molecule has 0 aliphatic carbocycles. The highest BCUT2D eigenvalue weighted by molar-refractivity contribution is 7.88. The zero-order valence-corrected chi connectivity index (χ0v) is 17.0. The molecule has 2 N–H and O–H groups in total. The zero-order valence-electron chi connectivity index (χ0n) is 16.2. The smallest absolute Gasteiger partial charge is 0.278 e. The molecule has 1 amide bonds. The van der Waals surface area contributed by atoms with Gasteiger partial charge in [0.2, 0.25) is 10.0 Å². The highest BCUT2D eigenvalue weighted by Crippen LogP contribution is 2.10. The quantitative estimate of drug-likeness (QED) is 0.705. The van der Waals surface area contributed by atoms with Crippen molar-refractivity contribution in [3.8, 4) is 0 Å². The van der Waals surface area contributed by atoms with Gasteiger partial charge in [-0.15, -0.1) is 0 Å². The number of sulfonamides is 1. The third kappa shape index (κ3) is 5.41. The van der Waals surface area contributed by atoms with Crippen LogP contribution in [0.1, 0.15) is 18.1 Å². The summed E-state index contributed by atoms with van der Waals surface area (Å²) in [5, 5.41) is 2.98. The fourth-order valence-corrected chi connectivity index (χ4v) is 5.02. The number of carbonyl (C=O) groups is 1. The summed E-state index contributed by atoms with van der Waals surface area (Å²) in [6.07, 6.45) is 0. The van der Waals surface area contributed by atoms with Gasteiger partial charge in [-0.1, -0.05) is 60.7 Å². The molecule has 2 aromatic carbocycles. The van der Waals surface area contributed by atoms with E-state index in [0.29, 0.717) is 32.7 Å². The van der Waals surface area contributed by atoms with Crippen LogP contribution in [-0.2, 0) is 27.1 Å². The lowest BCUT2D eigenvalue weighted by atomic mass is 10.2. The van der Waals surface area contributed by atoms with E-state index in [0.717, 1.165) is 16.0 Å². The molecule has 1 saturated heterocycles. The third-order valence-electron chi connectivity index (χ3n) is 5.27. The molecule has 6 nitrogen and oxygen atoms in total. The zero-order chi connectivity index (χ0) is 20.0. The predicted octanol–water partition coefficient (Wildman–Crippen LogP) is 0.422. The number of rotatable bonds is 7. The van der Waals surface area contributed by atoms with Crippen molar-refractivity contribution in [1.29, 1.82) is 0 Å². The average molecular weight is 403 g/mol. The van der Waals surface area contributed by atoms with Crippen LogP contribution in [0.25, 0.3) is 0 Å². The molecule has 0 saturated carbocycles. The Morgan fingerprint density at radius 2 is 1.54 bits per heavy atom. The van der Waals surface area contributed by atoms with Gasteiger partial charge < -0.3 is 10.2 Å². The molecule has 1 atom stereocenters. The number of benzene rings is 2. The summed E-state index contributed by atoms with van der Waals surface area (Å²) in [6, 6.07) is 18.8. The number of piperazine rings is 1. The molecule has 3 rings (SSSR count). The minimum atomic E-state index is -3.33. The monoisotopic (exact) mass is 402 g/mol. The number of amides is 1. The molecule has 1 aliphatic rings. The van der Waals surface area contributed by atoms with Crippen LogP contribution >= 0.6 is 0 Å². The van der Waals surface area contributed by atoms with E-state index in [1.807, 2.05) is 67.6 Å². The summed E-state index contributed by atoms with van der Waals surface area (Å²) in [4.78, 5) is 13.6. The van der Waals surface area contributed by atoms with Gasteiger partial charge in [0.05, 0.1) is 31.9 Å². The maximum Gasteiger partial charge on any atom is 0.278 e. The van der Waals surface area contributed by atoms with E-state index >= 15 is 0 Å². The van der Waals surface area contributed by atoms with Gasteiger partial charge in [-0.25, -0.2) is 8.42 Å². The normalized spacial score (nSPS) is 17.2. The van der Waals surface area contributed by atoms with Gasteiger partial charge in [-0.05, 0) is 18.1 Å². The minimum absolute atomic E-state index is 0.000513. The SMILES string of the molecule is C[C@H](C(=O)NCc1ccccc1)[NH+]1CCN(S(=O)(=O)Cc2ccccc2)CC1. The standard InChI is InChI=1S/C21H27N3O3S/c1-18(21(25)22-16-19-8-4-2-5-9-19)23-12-14-24(15-13-23)28(26,27)17-20-10-6-3-7-11-20/h2-11,18H,12-17H2,1H3,(H,22,25)/p+1/t18-/m1/s1. The van der Waals surface area contributed by atoms with Crippen molar-refractivity contribution in [3.63, 3.8) is 0 Å². The Labute approximate surface area is 167 Å². The Morgan fingerprint density at radius 1 is 1.00 bits per heavy atom. The number of carbonyl (C=O) groups excluding carboxylic acids is 1. The second kappa shape index (κ2) is 9.32. The number of hydrogen-bond acceptors (Lipinski definition) is 3. The van der Waals surface area contributed by atoms with E-state index < -0.39 is 10.0 Å². The molecule has 0 radical (unpaired) electrons. The summed E-state index contributed by atoms with van der Waals surface area (Å²) in [7, 11) is -3.33. The second-order valence-corrected chi connectivity index (χ2v) is 9.19. The van der Waals surface area contributed by atoms with Crippen molar-refractivity contribution in [2.45, 2.75) is 25.3 Å². The average Bonchev–Trinajstić information content (AvgIpc) is 2.73. The lowest BCUT2D eigenvalue weighted by molar-refractivity contribution is -0.917. The van der Waals surface area contributed by atoms with E-state index in [1.54, 1.807) is 4.31 Å². The molecule has 1 aliphatic heterocycles. The van der Waals surface area contributed by atoms with Gasteiger partial charge in [0.15, 0.2) is 6.04 Å². The minimum Gasteiger partial charge on any atom is -0.347 e. The Kier molecular flexibility index (Phi) is 6.83. The first-order chi connectivity index (χ1) is 13.5. The van der Waals surface area contributed by atoms with Gasteiger partial charge in [0, 0.05) is 6.54 Å². The van der Waals surface area contributed by atoms with Crippen LogP contribution in [0.3, 0.4) is 0 Å². The second-order valence-electron chi connectivity index (χ2n) is 7.22. The topological polar surface area (TPSA) is 70.9 Å². The van der Waals surface area contributed by atoms with Crippen LogP contribution in [0, 0.1) is 0 Å². The fraction of sp³-hybridized carbons (Fsp3) is 0.381. The lowest BCUT2D eigenvalue weighted by Crippen LogP contribution is -3.19. The first kappa shape index (κ1) is 20.5. The molecule has 28 heavy (non-hydrogen) atoms. The summed E-state index contributed by atoms with van der Waals surface area (Å²) >= 11 is 0. The molecule has 0 unspecified atom stereocenters. The van der Waals surface area contributed by atoms with E-state index in [9.17, 15) is 13.2 Å². The van der Waals surface area contributed by atoms with Crippen molar-refractivity contribution >= 4 is 15.9 Å². The van der Waals surface area contributed by atoms with Gasteiger partial charge in [-0.3, -0.25) is 4.79 Å². The van der Waals surface area contributed by atoms with Crippen LogP contribution in [0.5, 0.6) is 0 Å². The summed E-state index contributed by atoms with van der Waals surface area (Å²) in [5.41, 5.74) is 1.86. The number of quaternary nitrogens is 1. The number of hydrogen-bond donors (Lipinski definition) is 2. The molecule has 0 aromatic heterocycles. The Balaban J connectivity index is 1.49. The Bertz CT molecular complexity index is 864. The molecule has 150 valence electrons. The molecule has 1 fully saturated rings. The molecule has 1 heterocycles. The molecular weight excluding hydrogens is 374 g/mol. The van der Waals surface area contributed by atoms with Crippen LogP contribution in [0.2, 0.25) is 0 Å². The van der Waals surface area contributed by atoms with Gasteiger partial charge in [0.1, 0.15) is 0 Å². The number of nitrogens with zero attached hydrogens (tertiary/aromatic N) is 1. The molecule has 7 heteroatoms. The molecule has 2 aromatic rings. The number of nitrogens with one attached hydrogen (secondary N) is 2. The summed E-state index contributed by atoms with van der Waals surface area (Å²) in [6.45, 7) is 4.57. The molecule has 0 bridgehead atoms. The summed E-state index contributed by atoms with van der Waals surface area (Å²) in [5.74, 6) is 0.0236. The van der Waals surface area contributed by atoms with E-state index in [1.165, 1.54) is 0 Å². The largest absolute Gasteiger partial charge is 0.347 e. The van der Waals surface area contributed by atoms with Gasteiger partial charge in [-0.2, -0.15) is 4.31 Å². The first-order valence-electron chi connectivity index (χ1n) is 9.63. The molecular formula is C21H28N3O3S+. The highest BCUT2D eigenvalue weighted by Gasteiger charge is 2.33. The van der Waals surface area contributed by atoms with Gasteiger partial charge in [0.25, 0.3) is 5.91 Å². The van der Waals surface area contributed by atoms with Crippen molar-refractivity contribution in [2.75, 3.05) is 26.2 Å². The van der Waals surface area contributed by atoms with Gasteiger partial charge >= 0.3 is 0 Å². The van der Waals surface area contributed by atoms with Crippen LogP contribution in [0.15, 0.2) is 60.7 Å². The Hall–Kier alpha value is -2.22. The first-order valence-corrected chi connectivity index (χ1v) is 11.2. The maximum absolute atomic E-state index is 12.7. The van der Waals surface area contributed by atoms with Crippen molar-refractivity contribution < 1.29 is 18.1 Å². The lowest BCUT2D eigenvalue weighted by Gasteiger charge is -2.34. The van der Waals surface area contributed by atoms with Crippen LogP contribution in [-0.4, -0.2) is 50.9 Å². The maximum atomic E-state index is 12.7. The van der Waals surface area contributed by atoms with Crippen molar-refractivity contribution in [1.82, 2.24) is 9.62 Å². The van der Waals surface area contributed by atoms with Crippen molar-refractivity contribution in [3.05, 3.63) is 71.8 Å². The predicted molar refractivity (Wildman–Crippen MR) is 109 cm³/mol. The van der Waals surface area contributed by atoms with E-state index in [2.05, 4.69) is 5.32 Å². The van der Waals surface area contributed by atoms with Crippen LogP contribution in [0.4, 0.5) is 0 Å². The van der Waals surface area contributed by atoms with Crippen LogP contribution < -0.4 is 10.2 Å². The summed E-state index contributed by atoms with van der Waals surface area (Å²) < 4.78 is 26.9. The van der Waals surface area contributed by atoms with Crippen molar-refractivity contribution in [2.24, 2.45) is 0 Å². The third-order valence-corrected chi connectivity index (χ3v) is 7.12. The van der Waals surface area contributed by atoms with E-state index in [4.69, 9.17) is 0 Å². The van der Waals surface area contributed by atoms with E-state index in [-0.39, 0.29) is 17.7 Å². The molecule has 0 spiro atoms. The Morgan fingerprint density at radius 3 is 2.11 bits per heavy atom.